The average Bonchev–Trinajstić information content (AvgIpc) is 3.51. The second-order valence-corrected chi connectivity index (χ2v) is 8.85. The minimum absolute atomic E-state index is 0.0444. The topological polar surface area (TPSA) is 59.1 Å². The van der Waals surface area contributed by atoms with Crippen molar-refractivity contribution in [1.29, 1.82) is 0 Å². The van der Waals surface area contributed by atoms with E-state index in [9.17, 15) is 9.90 Å². The van der Waals surface area contributed by atoms with Gasteiger partial charge >= 0.3 is 5.97 Å². The fourth-order valence-electron chi connectivity index (χ4n) is 5.53. The van der Waals surface area contributed by atoms with Crippen LogP contribution in [-0.2, 0) is 14.3 Å². The van der Waals surface area contributed by atoms with E-state index in [1.165, 1.54) is 19.4 Å². The van der Waals surface area contributed by atoms with Gasteiger partial charge in [0.15, 0.2) is 0 Å². The lowest BCUT2D eigenvalue weighted by Crippen LogP contribution is -2.63. The lowest BCUT2D eigenvalue weighted by molar-refractivity contribution is -0.957. The molecule has 140 valence electrons. The molecule has 0 amide bonds. The Bertz CT molecular complexity index is 671. The molecule has 3 aliphatic heterocycles. The summed E-state index contributed by atoms with van der Waals surface area (Å²) in [5.41, 5.74) is 0.819. The molecule has 5 heteroatoms. The predicted octanol–water partition coefficient (Wildman–Crippen LogP) is 1.84. The molecule has 5 rings (SSSR count). The fourth-order valence-corrected chi connectivity index (χ4v) is 5.53. The largest absolute Gasteiger partial charge is 0.461 e. The standard InChI is InChI=1S/C21H28NO4/c1-22(11-13-7-8-13)17-9-15(10-18(22)20-19(17)26-20)25-21(24)16(12-23)14-5-3-2-4-6-14/h2-6,13,15-20,23H,7-12H2,1H3/q+1/t15?,16-,17+,18+,19+,20+,22?/m0/s1. The van der Waals surface area contributed by atoms with E-state index < -0.39 is 5.92 Å². The summed E-state index contributed by atoms with van der Waals surface area (Å²) in [5.74, 6) is 0.00309. The Morgan fingerprint density at radius 2 is 1.88 bits per heavy atom. The number of fused-ring (bicyclic) bond motifs is 5. The van der Waals surface area contributed by atoms with E-state index in [0.717, 1.165) is 28.8 Å². The van der Waals surface area contributed by atoms with E-state index in [4.69, 9.17) is 9.47 Å². The van der Waals surface area contributed by atoms with Gasteiger partial charge in [-0.25, -0.2) is 0 Å². The minimum Gasteiger partial charge on any atom is -0.461 e. The highest BCUT2D eigenvalue weighted by molar-refractivity contribution is 5.78. The number of aliphatic hydroxyl groups excluding tert-OH is 1. The van der Waals surface area contributed by atoms with Gasteiger partial charge < -0.3 is 19.1 Å². The average molecular weight is 358 g/mol. The normalized spacial score (nSPS) is 41.4. The molecule has 4 aliphatic rings. The first kappa shape index (κ1) is 16.7. The molecule has 1 aliphatic carbocycles. The Hall–Kier alpha value is -1.43. The fraction of sp³-hybridized carbons (Fsp3) is 0.667. The Morgan fingerprint density at radius 3 is 2.46 bits per heavy atom. The third-order valence-electron chi connectivity index (χ3n) is 7.14. The number of ether oxygens (including phenoxy) is 2. The molecule has 0 unspecified atom stereocenters. The van der Waals surface area contributed by atoms with Crippen LogP contribution in [0.4, 0.5) is 0 Å². The van der Waals surface area contributed by atoms with Gasteiger partial charge in [0.25, 0.3) is 0 Å². The lowest BCUT2D eigenvalue weighted by atomic mass is 9.94. The number of nitrogens with zero attached hydrogens (tertiary/aromatic N) is 1. The molecule has 1 aromatic rings. The number of benzene rings is 1. The van der Waals surface area contributed by atoms with Crippen molar-refractivity contribution in [3.63, 3.8) is 0 Å². The zero-order valence-electron chi connectivity index (χ0n) is 15.3. The van der Waals surface area contributed by atoms with Crippen LogP contribution in [0.2, 0.25) is 0 Å². The molecule has 0 spiro atoms. The number of morpholine rings is 1. The zero-order chi connectivity index (χ0) is 17.9. The highest BCUT2D eigenvalue weighted by Crippen LogP contribution is 2.54. The molecular formula is C21H28NO4+. The van der Waals surface area contributed by atoms with Gasteiger partial charge in [0.05, 0.1) is 20.2 Å². The molecule has 5 nitrogen and oxygen atoms in total. The summed E-state index contributed by atoms with van der Waals surface area (Å²) in [6.07, 6.45) is 5.22. The van der Waals surface area contributed by atoms with E-state index >= 15 is 0 Å². The molecule has 26 heavy (non-hydrogen) atoms. The highest BCUT2D eigenvalue weighted by atomic mass is 16.6. The first-order chi connectivity index (χ1) is 12.6. The van der Waals surface area contributed by atoms with Gasteiger partial charge in [0.1, 0.15) is 36.3 Å². The molecule has 3 saturated heterocycles. The van der Waals surface area contributed by atoms with Crippen LogP contribution in [0.25, 0.3) is 0 Å². The number of quaternary nitrogens is 1. The van der Waals surface area contributed by atoms with Crippen LogP contribution in [0.5, 0.6) is 0 Å². The van der Waals surface area contributed by atoms with E-state index in [1.807, 2.05) is 30.3 Å². The molecule has 0 aromatic heterocycles. The van der Waals surface area contributed by atoms with Crippen LogP contribution in [-0.4, -0.2) is 66.2 Å². The summed E-state index contributed by atoms with van der Waals surface area (Å²) < 4.78 is 12.9. The first-order valence-corrected chi connectivity index (χ1v) is 9.97. The summed E-state index contributed by atoms with van der Waals surface area (Å²) >= 11 is 0. The van der Waals surface area contributed by atoms with Crippen molar-refractivity contribution in [2.45, 2.75) is 62.0 Å². The number of aliphatic hydroxyl groups is 1. The van der Waals surface area contributed by atoms with Gasteiger partial charge in [-0.3, -0.25) is 4.79 Å². The van der Waals surface area contributed by atoms with Crippen LogP contribution in [0.1, 0.15) is 37.2 Å². The van der Waals surface area contributed by atoms with Crippen LogP contribution in [0.3, 0.4) is 0 Å². The lowest BCUT2D eigenvalue weighted by Gasteiger charge is -2.48. The van der Waals surface area contributed by atoms with Crippen molar-refractivity contribution in [3.8, 4) is 0 Å². The zero-order valence-corrected chi connectivity index (χ0v) is 15.3. The highest BCUT2D eigenvalue weighted by Gasteiger charge is 2.72. The molecule has 2 bridgehead atoms. The Kier molecular flexibility index (Phi) is 3.89. The smallest absolute Gasteiger partial charge is 0.316 e. The monoisotopic (exact) mass is 358 g/mol. The third-order valence-corrected chi connectivity index (χ3v) is 7.14. The SMILES string of the molecule is C[N+]1(CC2CC2)[C@@H]2CC(OC(=O)[C@@H](CO)c3ccccc3)C[C@@H]1[C@H]1O[C@@H]12. The molecule has 5 atom stereocenters. The second-order valence-electron chi connectivity index (χ2n) is 8.85. The summed E-state index contributed by atoms with van der Waals surface area (Å²) in [6, 6.07) is 10.4. The number of hydrogen-bond donors (Lipinski definition) is 1. The number of rotatable bonds is 6. The third kappa shape index (κ3) is 2.68. The van der Waals surface area contributed by atoms with Gasteiger partial charge in [0, 0.05) is 18.8 Å². The number of esters is 1. The van der Waals surface area contributed by atoms with Gasteiger partial charge in [-0.2, -0.15) is 0 Å². The van der Waals surface area contributed by atoms with E-state index in [-0.39, 0.29) is 18.7 Å². The van der Waals surface area contributed by atoms with Crippen LogP contribution in [0.15, 0.2) is 30.3 Å². The molecule has 1 N–H and O–H groups in total. The van der Waals surface area contributed by atoms with Crippen LogP contribution < -0.4 is 0 Å². The molecular weight excluding hydrogens is 330 g/mol. The number of piperidine rings is 1. The van der Waals surface area contributed by atoms with Crippen molar-refractivity contribution in [3.05, 3.63) is 35.9 Å². The maximum atomic E-state index is 12.7. The van der Waals surface area contributed by atoms with Crippen molar-refractivity contribution < 1.29 is 23.9 Å². The van der Waals surface area contributed by atoms with Crippen molar-refractivity contribution in [2.24, 2.45) is 5.92 Å². The quantitative estimate of drug-likeness (QED) is 0.479. The van der Waals surface area contributed by atoms with Gasteiger partial charge in [-0.05, 0) is 18.4 Å². The summed E-state index contributed by atoms with van der Waals surface area (Å²) in [5, 5.41) is 9.71. The van der Waals surface area contributed by atoms with Crippen molar-refractivity contribution >= 4 is 5.97 Å². The number of carbonyl (C=O) groups is 1. The summed E-state index contributed by atoms with van der Waals surface area (Å²) in [7, 11) is 2.39. The number of hydrogen-bond acceptors (Lipinski definition) is 4. The van der Waals surface area contributed by atoms with Gasteiger partial charge in [-0.1, -0.05) is 30.3 Å². The maximum Gasteiger partial charge on any atom is 0.316 e. The predicted molar refractivity (Wildman–Crippen MR) is 95.4 cm³/mol. The maximum absolute atomic E-state index is 12.7. The Balaban J connectivity index is 1.27. The number of carbonyl (C=O) groups excluding carboxylic acids is 1. The Labute approximate surface area is 154 Å². The Morgan fingerprint density at radius 1 is 1.23 bits per heavy atom. The minimum atomic E-state index is -0.589. The van der Waals surface area contributed by atoms with Crippen LogP contribution in [0, 0.1) is 5.92 Å². The van der Waals surface area contributed by atoms with Crippen molar-refractivity contribution in [2.75, 3.05) is 20.2 Å². The molecule has 1 aromatic carbocycles. The van der Waals surface area contributed by atoms with Crippen molar-refractivity contribution in [1.82, 2.24) is 0 Å². The number of epoxide rings is 1. The molecule has 1 saturated carbocycles. The molecule has 4 fully saturated rings. The number of likely N-dealkylation sites (N-methyl/N-ethyl adjacent to an activating group) is 1. The summed E-state index contributed by atoms with van der Waals surface area (Å²) in [6.45, 7) is 1.04. The van der Waals surface area contributed by atoms with Gasteiger partial charge in [-0.15, -0.1) is 0 Å². The van der Waals surface area contributed by atoms with E-state index in [1.54, 1.807) is 0 Å². The summed E-state index contributed by atoms with van der Waals surface area (Å²) in [4.78, 5) is 12.7. The second kappa shape index (κ2) is 6.04. The van der Waals surface area contributed by atoms with E-state index in [2.05, 4.69) is 7.05 Å². The van der Waals surface area contributed by atoms with Gasteiger partial charge in [0.2, 0.25) is 0 Å². The molecule has 0 radical (unpaired) electrons. The van der Waals surface area contributed by atoms with E-state index in [0.29, 0.717) is 24.3 Å². The van der Waals surface area contributed by atoms with Crippen LogP contribution >= 0.6 is 0 Å². The molecule has 3 heterocycles. The first-order valence-electron chi connectivity index (χ1n) is 9.97.